The van der Waals surface area contributed by atoms with E-state index in [1.54, 1.807) is 18.2 Å². The molecule has 1 radical (unpaired) electrons. The van der Waals surface area contributed by atoms with E-state index in [-0.39, 0.29) is 4.90 Å². The predicted molar refractivity (Wildman–Crippen MR) is 70.8 cm³/mol. The number of sulfonamides is 1. The summed E-state index contributed by atoms with van der Waals surface area (Å²) in [5.74, 6) is 0.677. The Balaban J connectivity index is 2.76. The van der Waals surface area contributed by atoms with Gasteiger partial charge in [-0.05, 0) is 19.1 Å². The molecule has 0 bridgehead atoms. The van der Waals surface area contributed by atoms with Crippen LogP contribution in [0.15, 0.2) is 41.3 Å². The summed E-state index contributed by atoms with van der Waals surface area (Å²) in [6.07, 6.45) is 0. The smallest absolute Gasteiger partial charge is 0.241 e. The first-order valence-corrected chi connectivity index (χ1v) is 7.02. The highest BCUT2D eigenvalue weighted by Crippen LogP contribution is 2.30. The Labute approximate surface area is 107 Å². The maximum Gasteiger partial charge on any atom is 0.241 e. The minimum Gasteiger partial charge on any atom is -0.493 e. The van der Waals surface area contributed by atoms with Gasteiger partial charge in [0, 0.05) is 17.8 Å². The van der Waals surface area contributed by atoms with Crippen LogP contribution >= 0.6 is 0 Å². The molecule has 18 heavy (non-hydrogen) atoms. The molecule has 0 aliphatic rings. The van der Waals surface area contributed by atoms with E-state index in [1.807, 2.05) is 19.1 Å². The first-order valence-electron chi connectivity index (χ1n) is 5.53. The summed E-state index contributed by atoms with van der Waals surface area (Å²) in [4.78, 5) is 0.205. The Morgan fingerprint density at radius 2 is 1.83 bits per heavy atom. The lowest BCUT2D eigenvalue weighted by Gasteiger charge is -2.11. The fourth-order valence-electron chi connectivity index (χ4n) is 1.84. The van der Waals surface area contributed by atoms with Crippen LogP contribution < -0.4 is 9.46 Å². The summed E-state index contributed by atoms with van der Waals surface area (Å²) in [5.41, 5.74) is 0. The van der Waals surface area contributed by atoms with Crippen molar-refractivity contribution in [3.63, 3.8) is 0 Å². The van der Waals surface area contributed by atoms with E-state index < -0.39 is 10.0 Å². The third-order valence-corrected chi connectivity index (χ3v) is 3.94. The molecule has 0 aromatic heterocycles. The monoisotopic (exact) mass is 264 g/mol. The molecule has 0 atom stereocenters. The number of rotatable bonds is 4. The van der Waals surface area contributed by atoms with E-state index in [2.05, 4.69) is 11.8 Å². The molecule has 1 N–H and O–H groups in total. The van der Waals surface area contributed by atoms with E-state index in [9.17, 15) is 8.42 Å². The molecule has 0 fully saturated rings. The van der Waals surface area contributed by atoms with Gasteiger partial charge in [-0.2, -0.15) is 0 Å². The minimum atomic E-state index is -3.57. The number of fused-ring (bicyclic) bond motifs is 1. The van der Waals surface area contributed by atoms with E-state index in [4.69, 9.17) is 4.74 Å². The number of hydrogen-bond donors (Lipinski definition) is 1. The zero-order valence-electron chi connectivity index (χ0n) is 10.0. The summed E-state index contributed by atoms with van der Waals surface area (Å²) in [6.45, 7) is 2.42. The van der Waals surface area contributed by atoms with Crippen LogP contribution in [0.3, 0.4) is 0 Å². The molecule has 2 aromatic rings. The van der Waals surface area contributed by atoms with Crippen molar-refractivity contribution in [2.75, 3.05) is 6.61 Å². The van der Waals surface area contributed by atoms with Crippen LogP contribution in [0.25, 0.3) is 10.8 Å². The van der Waals surface area contributed by atoms with Crippen LogP contribution in [0.1, 0.15) is 6.92 Å². The lowest BCUT2D eigenvalue weighted by molar-refractivity contribution is 0.344. The quantitative estimate of drug-likeness (QED) is 0.922. The molecule has 0 aliphatic heterocycles. The molecule has 0 amide bonds. The normalized spacial score (nSPS) is 11.7. The molecule has 0 saturated heterocycles. The standard InChI is InChI=1S/C13H14NO3S/c1-3-17-12-8-9-13(18(15,16)14-2)11-7-5-4-6-10(11)12/h4-9,14H,2-3H2,1H3. The number of ether oxygens (including phenoxy) is 1. The second-order valence-corrected chi connectivity index (χ2v) is 5.42. The van der Waals surface area contributed by atoms with E-state index in [1.165, 1.54) is 6.07 Å². The highest BCUT2D eigenvalue weighted by atomic mass is 32.2. The van der Waals surface area contributed by atoms with Gasteiger partial charge in [0.2, 0.25) is 10.0 Å². The van der Waals surface area contributed by atoms with Gasteiger partial charge in [-0.25, -0.2) is 13.1 Å². The molecule has 95 valence electrons. The molecule has 0 saturated carbocycles. The molecule has 2 rings (SSSR count). The van der Waals surface area contributed by atoms with Crippen molar-refractivity contribution in [3.05, 3.63) is 43.4 Å². The van der Waals surface area contributed by atoms with Crippen molar-refractivity contribution < 1.29 is 13.2 Å². The van der Waals surface area contributed by atoms with Crippen molar-refractivity contribution in [1.82, 2.24) is 4.72 Å². The first kappa shape index (κ1) is 12.9. The molecule has 5 heteroatoms. The lowest BCUT2D eigenvalue weighted by Crippen LogP contribution is -2.16. The molecule has 0 spiro atoms. The summed E-state index contributed by atoms with van der Waals surface area (Å²) < 4.78 is 31.3. The predicted octanol–water partition coefficient (Wildman–Crippen LogP) is 2.31. The molecular formula is C13H14NO3S. The van der Waals surface area contributed by atoms with Crippen LogP contribution in [0, 0.1) is 7.05 Å². The van der Waals surface area contributed by atoms with Gasteiger partial charge in [0.25, 0.3) is 0 Å². The van der Waals surface area contributed by atoms with E-state index >= 15 is 0 Å². The highest BCUT2D eigenvalue weighted by Gasteiger charge is 2.16. The number of hydrogen-bond acceptors (Lipinski definition) is 3. The van der Waals surface area contributed by atoms with Crippen LogP contribution in [0.2, 0.25) is 0 Å². The second-order valence-electron chi connectivity index (χ2n) is 3.69. The Morgan fingerprint density at radius 3 is 2.44 bits per heavy atom. The zero-order valence-corrected chi connectivity index (χ0v) is 10.8. The van der Waals surface area contributed by atoms with Gasteiger partial charge in [-0.15, -0.1) is 0 Å². The number of nitrogens with one attached hydrogen (secondary N) is 1. The van der Waals surface area contributed by atoms with Gasteiger partial charge in [-0.3, -0.25) is 0 Å². The van der Waals surface area contributed by atoms with Crippen LogP contribution in [-0.4, -0.2) is 15.0 Å². The zero-order chi connectivity index (χ0) is 13.2. The molecule has 0 heterocycles. The van der Waals surface area contributed by atoms with Gasteiger partial charge < -0.3 is 4.74 Å². The largest absolute Gasteiger partial charge is 0.493 e. The van der Waals surface area contributed by atoms with Crippen molar-refractivity contribution in [3.8, 4) is 5.75 Å². The van der Waals surface area contributed by atoms with Gasteiger partial charge in [0.05, 0.1) is 11.5 Å². The fourth-order valence-corrected chi connectivity index (χ4v) is 2.71. The average Bonchev–Trinajstić information content (AvgIpc) is 2.39. The van der Waals surface area contributed by atoms with Crippen molar-refractivity contribution in [2.24, 2.45) is 0 Å². The summed E-state index contributed by atoms with van der Waals surface area (Å²) in [6, 6.07) is 10.4. The first-order chi connectivity index (χ1) is 8.60. The lowest BCUT2D eigenvalue weighted by atomic mass is 10.1. The highest BCUT2D eigenvalue weighted by molar-refractivity contribution is 7.89. The summed E-state index contributed by atoms with van der Waals surface area (Å²) in [7, 11) is -0.343. The Kier molecular flexibility index (Phi) is 3.54. The van der Waals surface area contributed by atoms with Gasteiger partial charge in [-0.1, -0.05) is 24.3 Å². The fraction of sp³-hybridized carbons (Fsp3) is 0.154. The second kappa shape index (κ2) is 4.96. The summed E-state index contributed by atoms with van der Waals surface area (Å²) in [5, 5.41) is 1.40. The SMILES string of the molecule is [CH2]NS(=O)(=O)c1ccc(OCC)c2ccccc12. The molecule has 0 unspecified atom stereocenters. The van der Waals surface area contributed by atoms with Crippen LogP contribution in [-0.2, 0) is 10.0 Å². The third-order valence-electron chi connectivity index (χ3n) is 2.62. The number of benzene rings is 2. The van der Waals surface area contributed by atoms with Crippen molar-refractivity contribution in [1.29, 1.82) is 0 Å². The third kappa shape index (κ3) is 2.19. The Bertz CT molecular complexity index is 665. The van der Waals surface area contributed by atoms with Gasteiger partial charge in [0.15, 0.2) is 0 Å². The van der Waals surface area contributed by atoms with E-state index in [0.29, 0.717) is 17.7 Å². The van der Waals surface area contributed by atoms with E-state index in [0.717, 1.165) is 5.39 Å². The van der Waals surface area contributed by atoms with Gasteiger partial charge >= 0.3 is 0 Å². The molecule has 2 aromatic carbocycles. The molecule has 0 aliphatic carbocycles. The summed E-state index contributed by atoms with van der Waals surface area (Å²) >= 11 is 0. The molecular weight excluding hydrogens is 250 g/mol. The van der Waals surface area contributed by atoms with Crippen molar-refractivity contribution in [2.45, 2.75) is 11.8 Å². The van der Waals surface area contributed by atoms with Crippen LogP contribution in [0.5, 0.6) is 5.75 Å². The van der Waals surface area contributed by atoms with Crippen LogP contribution in [0.4, 0.5) is 0 Å². The minimum absolute atomic E-state index is 0.205. The Morgan fingerprint density at radius 1 is 1.17 bits per heavy atom. The molecule has 4 nitrogen and oxygen atoms in total. The Hall–Kier alpha value is -1.59. The maximum atomic E-state index is 11.9. The average molecular weight is 264 g/mol. The topological polar surface area (TPSA) is 55.4 Å². The van der Waals surface area contributed by atoms with Crippen molar-refractivity contribution >= 4 is 20.8 Å². The van der Waals surface area contributed by atoms with Gasteiger partial charge in [0.1, 0.15) is 5.75 Å². The maximum absolute atomic E-state index is 11.9.